The van der Waals surface area contributed by atoms with Crippen LogP contribution in [0.2, 0.25) is 5.02 Å². The number of nitrogens with zero attached hydrogens (tertiary/aromatic N) is 4. The number of hydrogen-bond acceptors (Lipinski definition) is 7. The van der Waals surface area contributed by atoms with E-state index < -0.39 is 35.6 Å². The Balaban J connectivity index is 1.61. The molecule has 5 rings (SSSR count). The number of anilines is 1. The molecule has 2 fully saturated rings. The molecular formula is C27H27ClFN5O6. The minimum absolute atomic E-state index is 0.0441. The third-order valence-corrected chi connectivity index (χ3v) is 7.19. The lowest BCUT2D eigenvalue weighted by atomic mass is 9.99. The maximum absolute atomic E-state index is 14.1. The Kier molecular flexibility index (Phi) is 7.47. The van der Waals surface area contributed by atoms with E-state index in [9.17, 15) is 28.7 Å². The highest BCUT2D eigenvalue weighted by Gasteiger charge is 2.41. The summed E-state index contributed by atoms with van der Waals surface area (Å²) in [6, 6.07) is 8.12. The number of carboxylic acids is 1. The number of carbonyl (C=O) groups excluding carboxylic acids is 2. The number of aromatic carboxylic acids is 1. The lowest BCUT2D eigenvalue weighted by Crippen LogP contribution is -2.60. The zero-order valence-corrected chi connectivity index (χ0v) is 22.4. The highest BCUT2D eigenvalue weighted by atomic mass is 35.5. The van der Waals surface area contributed by atoms with Crippen molar-refractivity contribution >= 4 is 46.1 Å². The molecule has 13 heteroatoms. The van der Waals surface area contributed by atoms with Crippen LogP contribution in [0.1, 0.15) is 33.2 Å². The number of pyridine rings is 2. The molecule has 0 bridgehead atoms. The molecule has 4 heterocycles. The molecule has 0 unspecified atom stereocenters. The Labute approximate surface area is 233 Å². The third-order valence-electron chi connectivity index (χ3n) is 6.94. The second-order valence-electron chi connectivity index (χ2n) is 10.1. The van der Waals surface area contributed by atoms with Crippen LogP contribution >= 0.6 is 11.6 Å². The third kappa shape index (κ3) is 5.50. The lowest BCUT2D eigenvalue weighted by molar-refractivity contribution is -0.144. The SMILES string of the molecule is CC1(F)CN(C(=O)Cn2c(=O)c(C(=O)NCc3ccc(Cl)cc3)cc3c(N4CCOCC4)c(C(=O)O)cnc32)C1. The number of carbonyl (C=O) groups is 3. The van der Waals surface area contributed by atoms with Crippen molar-refractivity contribution in [2.24, 2.45) is 0 Å². The number of fused-ring (bicyclic) bond motifs is 1. The molecule has 2 N–H and O–H groups in total. The number of alkyl halides is 1. The quantitative estimate of drug-likeness (QED) is 0.440. The van der Waals surface area contributed by atoms with E-state index in [-0.39, 0.29) is 47.5 Å². The summed E-state index contributed by atoms with van der Waals surface area (Å²) < 4.78 is 20.6. The fourth-order valence-electron chi connectivity index (χ4n) is 4.94. The first kappa shape index (κ1) is 27.5. The Bertz CT molecular complexity index is 1540. The van der Waals surface area contributed by atoms with E-state index in [1.807, 2.05) is 0 Å². The number of amides is 2. The Morgan fingerprint density at radius 1 is 1.15 bits per heavy atom. The summed E-state index contributed by atoms with van der Waals surface area (Å²) >= 11 is 5.93. The Hall–Kier alpha value is -4.03. The normalized spacial score (nSPS) is 16.5. The molecule has 0 spiro atoms. The number of benzene rings is 1. The number of rotatable bonds is 7. The van der Waals surface area contributed by atoms with Gasteiger partial charge in [-0.05, 0) is 30.7 Å². The van der Waals surface area contributed by atoms with Gasteiger partial charge in [0.15, 0.2) is 0 Å². The van der Waals surface area contributed by atoms with Crippen LogP contribution in [0.4, 0.5) is 10.1 Å². The van der Waals surface area contributed by atoms with Gasteiger partial charge in [0.25, 0.3) is 11.5 Å². The lowest BCUT2D eigenvalue weighted by Gasteiger charge is -2.42. The molecular weight excluding hydrogens is 545 g/mol. The van der Waals surface area contributed by atoms with E-state index in [1.165, 1.54) is 17.9 Å². The van der Waals surface area contributed by atoms with Crippen LogP contribution in [0.5, 0.6) is 0 Å². The molecule has 1 aromatic carbocycles. The van der Waals surface area contributed by atoms with Gasteiger partial charge >= 0.3 is 5.97 Å². The van der Waals surface area contributed by atoms with E-state index in [4.69, 9.17) is 16.3 Å². The minimum Gasteiger partial charge on any atom is -0.478 e. The van der Waals surface area contributed by atoms with Gasteiger partial charge in [-0.3, -0.25) is 19.0 Å². The number of halogens is 2. The Morgan fingerprint density at radius 2 is 1.82 bits per heavy atom. The van der Waals surface area contributed by atoms with Crippen molar-refractivity contribution in [2.45, 2.75) is 25.7 Å². The van der Waals surface area contributed by atoms with Crippen LogP contribution < -0.4 is 15.8 Å². The zero-order valence-electron chi connectivity index (χ0n) is 21.7. The molecule has 2 saturated heterocycles. The average molecular weight is 572 g/mol. The number of likely N-dealkylation sites (tertiary alicyclic amines) is 1. The fraction of sp³-hybridized carbons (Fsp3) is 0.370. The summed E-state index contributed by atoms with van der Waals surface area (Å²) in [6.07, 6.45) is 1.14. The first-order chi connectivity index (χ1) is 19.0. The van der Waals surface area contributed by atoms with Gasteiger partial charge in [0.1, 0.15) is 29.0 Å². The highest BCUT2D eigenvalue weighted by Crippen LogP contribution is 2.31. The van der Waals surface area contributed by atoms with Gasteiger partial charge in [-0.1, -0.05) is 23.7 Å². The van der Waals surface area contributed by atoms with E-state index >= 15 is 0 Å². The van der Waals surface area contributed by atoms with Crippen molar-refractivity contribution in [3.63, 3.8) is 0 Å². The molecule has 0 radical (unpaired) electrons. The first-order valence-corrected chi connectivity index (χ1v) is 13.0. The summed E-state index contributed by atoms with van der Waals surface area (Å²) in [5.41, 5.74) is -1.63. The molecule has 2 aliphatic rings. The average Bonchev–Trinajstić information content (AvgIpc) is 2.92. The van der Waals surface area contributed by atoms with E-state index in [1.54, 1.807) is 29.2 Å². The monoisotopic (exact) mass is 571 g/mol. The molecule has 210 valence electrons. The molecule has 40 heavy (non-hydrogen) atoms. The van der Waals surface area contributed by atoms with Gasteiger partial charge in [-0.25, -0.2) is 14.2 Å². The van der Waals surface area contributed by atoms with E-state index in [0.717, 1.165) is 16.3 Å². The molecule has 11 nitrogen and oxygen atoms in total. The number of aromatic nitrogens is 2. The Morgan fingerprint density at radius 3 is 2.45 bits per heavy atom. The second-order valence-corrected chi connectivity index (χ2v) is 10.5. The topological polar surface area (TPSA) is 134 Å². The van der Waals surface area contributed by atoms with Crippen LogP contribution in [0.3, 0.4) is 0 Å². The van der Waals surface area contributed by atoms with Gasteiger partial charge in [-0.2, -0.15) is 0 Å². The molecule has 0 saturated carbocycles. The predicted molar refractivity (Wildman–Crippen MR) is 145 cm³/mol. The van der Waals surface area contributed by atoms with Gasteiger partial charge < -0.3 is 25.0 Å². The molecule has 0 aliphatic carbocycles. The standard InChI is InChI=1S/C27H27ClFN5O6/c1-27(29)14-33(15-27)21(35)13-34-23-18(22(20(12-30-23)26(38)39)32-6-8-40-9-7-32)10-19(25(34)37)24(36)31-11-16-2-4-17(28)5-3-16/h2-5,10,12H,6-9,11,13-15H2,1H3,(H,31,36)(H,38,39). The molecule has 3 aromatic rings. The fourth-order valence-corrected chi connectivity index (χ4v) is 5.06. The molecule has 0 atom stereocenters. The van der Waals surface area contributed by atoms with Crippen LogP contribution in [-0.4, -0.2) is 82.4 Å². The summed E-state index contributed by atoms with van der Waals surface area (Å²) in [6.45, 7) is 2.21. The van der Waals surface area contributed by atoms with Gasteiger partial charge in [0.2, 0.25) is 5.91 Å². The van der Waals surface area contributed by atoms with E-state index in [2.05, 4.69) is 10.3 Å². The summed E-state index contributed by atoms with van der Waals surface area (Å²) in [5.74, 6) is -2.47. The molecule has 2 aromatic heterocycles. The van der Waals surface area contributed by atoms with Crippen molar-refractivity contribution in [2.75, 3.05) is 44.3 Å². The minimum atomic E-state index is -1.51. The number of ether oxygens (including phenoxy) is 1. The van der Waals surface area contributed by atoms with Crippen LogP contribution in [0.15, 0.2) is 41.3 Å². The highest BCUT2D eigenvalue weighted by molar-refractivity contribution is 6.30. The van der Waals surface area contributed by atoms with Crippen LogP contribution in [-0.2, 0) is 22.6 Å². The van der Waals surface area contributed by atoms with Crippen LogP contribution in [0, 0.1) is 0 Å². The number of nitrogens with one attached hydrogen (secondary N) is 1. The number of hydrogen-bond donors (Lipinski definition) is 2. The van der Waals surface area contributed by atoms with Gasteiger partial charge in [0.05, 0.1) is 32.0 Å². The van der Waals surface area contributed by atoms with Crippen LogP contribution in [0.25, 0.3) is 11.0 Å². The smallest absolute Gasteiger partial charge is 0.339 e. The summed E-state index contributed by atoms with van der Waals surface area (Å²) in [7, 11) is 0. The largest absolute Gasteiger partial charge is 0.478 e. The van der Waals surface area contributed by atoms with E-state index in [0.29, 0.717) is 31.3 Å². The maximum atomic E-state index is 14.1. The van der Waals surface area contributed by atoms with Crippen molar-refractivity contribution in [1.82, 2.24) is 19.8 Å². The predicted octanol–water partition coefficient (Wildman–Crippen LogP) is 2.09. The molecule has 2 aliphatic heterocycles. The zero-order chi connectivity index (χ0) is 28.6. The summed E-state index contributed by atoms with van der Waals surface area (Å²) in [4.78, 5) is 59.4. The second kappa shape index (κ2) is 10.9. The van der Waals surface area contributed by atoms with Gasteiger partial charge in [-0.15, -0.1) is 0 Å². The van der Waals surface area contributed by atoms with Crippen molar-refractivity contribution in [3.8, 4) is 0 Å². The number of carboxylic acid groups (broad SMARTS) is 1. The van der Waals surface area contributed by atoms with Crippen molar-refractivity contribution < 1.29 is 28.6 Å². The maximum Gasteiger partial charge on any atom is 0.339 e. The van der Waals surface area contributed by atoms with Crippen molar-refractivity contribution in [1.29, 1.82) is 0 Å². The number of morpholine rings is 1. The molecule has 2 amide bonds. The van der Waals surface area contributed by atoms with Crippen molar-refractivity contribution in [3.05, 3.63) is 68.6 Å². The summed E-state index contributed by atoms with van der Waals surface area (Å²) in [5, 5.41) is 13.4. The first-order valence-electron chi connectivity index (χ1n) is 12.7. The van der Waals surface area contributed by atoms with Gasteiger partial charge in [0, 0.05) is 36.2 Å².